The first-order chi connectivity index (χ1) is 14.1. The molecule has 154 valence electrons. The lowest BCUT2D eigenvalue weighted by Gasteiger charge is -2.27. The molecule has 0 amide bonds. The maximum Gasteiger partial charge on any atom is 0.350 e. The minimum Gasteiger partial charge on any atom is -0.494 e. The van der Waals surface area contributed by atoms with Gasteiger partial charge in [0.2, 0.25) is 5.13 Å². The van der Waals surface area contributed by atoms with Crippen molar-refractivity contribution in [3.8, 4) is 5.75 Å². The van der Waals surface area contributed by atoms with E-state index < -0.39 is 0 Å². The highest BCUT2D eigenvalue weighted by atomic mass is 32.1. The Labute approximate surface area is 175 Å². The van der Waals surface area contributed by atoms with Gasteiger partial charge in [-0.3, -0.25) is 10.4 Å². The Morgan fingerprint density at radius 1 is 1.28 bits per heavy atom. The lowest BCUT2D eigenvalue weighted by atomic mass is 9.84. The lowest BCUT2D eigenvalue weighted by Crippen LogP contribution is -2.32. The van der Waals surface area contributed by atoms with E-state index in [9.17, 15) is 4.79 Å². The van der Waals surface area contributed by atoms with Crippen LogP contribution in [0.2, 0.25) is 0 Å². The van der Waals surface area contributed by atoms with Crippen LogP contribution in [-0.4, -0.2) is 24.2 Å². The SMILES string of the molecule is CCOC(=O)c1sc(N2NC3=CCCC[C@H]3[C@H]2c2ccc(OCC)cc2)nc1C. The predicted octanol–water partition coefficient (Wildman–Crippen LogP) is 4.78. The van der Waals surface area contributed by atoms with Crippen LogP contribution >= 0.6 is 11.3 Å². The van der Waals surface area contributed by atoms with Crippen LogP contribution in [0.4, 0.5) is 5.13 Å². The van der Waals surface area contributed by atoms with Crippen molar-refractivity contribution in [2.45, 2.75) is 46.1 Å². The van der Waals surface area contributed by atoms with Gasteiger partial charge in [0.1, 0.15) is 10.6 Å². The Morgan fingerprint density at radius 3 is 2.79 bits per heavy atom. The largest absolute Gasteiger partial charge is 0.494 e. The average Bonchev–Trinajstić information content (AvgIpc) is 3.30. The van der Waals surface area contributed by atoms with E-state index in [1.165, 1.54) is 29.0 Å². The zero-order chi connectivity index (χ0) is 20.4. The number of nitrogens with one attached hydrogen (secondary N) is 1. The third kappa shape index (κ3) is 3.83. The van der Waals surface area contributed by atoms with Gasteiger partial charge < -0.3 is 9.47 Å². The monoisotopic (exact) mass is 413 g/mol. The Balaban J connectivity index is 1.69. The normalized spacial score (nSPS) is 20.7. The molecule has 2 atom stereocenters. The maximum absolute atomic E-state index is 12.3. The highest BCUT2D eigenvalue weighted by Gasteiger charge is 2.41. The van der Waals surface area contributed by atoms with Crippen LogP contribution in [0, 0.1) is 12.8 Å². The van der Waals surface area contributed by atoms with Gasteiger partial charge in [-0.05, 0) is 57.7 Å². The molecular weight excluding hydrogens is 386 g/mol. The predicted molar refractivity (Wildman–Crippen MR) is 114 cm³/mol. The van der Waals surface area contributed by atoms with Crippen LogP contribution in [0.25, 0.3) is 0 Å². The summed E-state index contributed by atoms with van der Waals surface area (Å²) in [6, 6.07) is 8.44. The quantitative estimate of drug-likeness (QED) is 0.688. The number of carbonyl (C=O) groups excluding carboxylic acids is 1. The molecule has 1 fully saturated rings. The molecule has 1 aromatic carbocycles. The van der Waals surface area contributed by atoms with Crippen LogP contribution in [0.5, 0.6) is 5.75 Å². The molecule has 7 heteroatoms. The second-order valence-electron chi connectivity index (χ2n) is 7.26. The number of nitrogens with zero attached hydrogens (tertiary/aromatic N) is 2. The number of hydrogen-bond donors (Lipinski definition) is 1. The fourth-order valence-corrected chi connectivity index (χ4v) is 5.05. The average molecular weight is 414 g/mol. The molecule has 1 aliphatic carbocycles. The number of thiazole rings is 1. The molecule has 0 saturated carbocycles. The van der Waals surface area contributed by atoms with Crippen LogP contribution < -0.4 is 15.2 Å². The Bertz CT molecular complexity index is 907. The molecule has 6 nitrogen and oxygen atoms in total. The van der Waals surface area contributed by atoms with Gasteiger partial charge in [-0.1, -0.05) is 29.5 Å². The summed E-state index contributed by atoms with van der Waals surface area (Å²) in [6.07, 6.45) is 5.70. The van der Waals surface area contributed by atoms with Gasteiger partial charge in [0.25, 0.3) is 0 Å². The minimum atomic E-state index is -0.304. The summed E-state index contributed by atoms with van der Waals surface area (Å²) >= 11 is 1.39. The number of benzene rings is 1. The number of hydrogen-bond acceptors (Lipinski definition) is 7. The second kappa shape index (κ2) is 8.45. The van der Waals surface area contributed by atoms with E-state index in [4.69, 9.17) is 14.5 Å². The van der Waals surface area contributed by atoms with E-state index in [2.05, 4.69) is 28.6 Å². The summed E-state index contributed by atoms with van der Waals surface area (Å²) in [6.45, 7) is 6.68. The zero-order valence-corrected chi connectivity index (χ0v) is 17.9. The molecular formula is C22H27N3O3S. The third-order valence-electron chi connectivity index (χ3n) is 5.38. The van der Waals surface area contributed by atoms with E-state index in [-0.39, 0.29) is 12.0 Å². The number of anilines is 1. The smallest absolute Gasteiger partial charge is 0.350 e. The van der Waals surface area contributed by atoms with Crippen LogP contribution in [0.3, 0.4) is 0 Å². The summed E-state index contributed by atoms with van der Waals surface area (Å²) in [7, 11) is 0. The van der Waals surface area contributed by atoms with Gasteiger partial charge in [-0.15, -0.1) is 0 Å². The van der Waals surface area contributed by atoms with Gasteiger partial charge in [0.15, 0.2) is 0 Å². The van der Waals surface area contributed by atoms with Crippen molar-refractivity contribution in [3.05, 3.63) is 52.2 Å². The van der Waals surface area contributed by atoms with Crippen molar-refractivity contribution < 1.29 is 14.3 Å². The summed E-state index contributed by atoms with van der Waals surface area (Å²) in [4.78, 5) is 17.6. The number of esters is 1. The highest BCUT2D eigenvalue weighted by Crippen LogP contribution is 2.46. The molecule has 2 heterocycles. The number of ether oxygens (including phenoxy) is 2. The second-order valence-corrected chi connectivity index (χ2v) is 8.23. The molecule has 0 unspecified atom stereocenters. The fraction of sp³-hybridized carbons (Fsp3) is 0.455. The van der Waals surface area contributed by atoms with Crippen molar-refractivity contribution in [1.29, 1.82) is 0 Å². The summed E-state index contributed by atoms with van der Waals surface area (Å²) in [5.41, 5.74) is 6.74. The van der Waals surface area contributed by atoms with Gasteiger partial charge in [0, 0.05) is 11.6 Å². The summed E-state index contributed by atoms with van der Waals surface area (Å²) < 4.78 is 10.8. The van der Waals surface area contributed by atoms with Crippen molar-refractivity contribution in [1.82, 2.24) is 10.4 Å². The molecule has 1 N–H and O–H groups in total. The Morgan fingerprint density at radius 2 is 2.07 bits per heavy atom. The number of carbonyl (C=O) groups is 1. The van der Waals surface area contributed by atoms with Crippen molar-refractivity contribution in [2.24, 2.45) is 5.92 Å². The van der Waals surface area contributed by atoms with Gasteiger partial charge in [-0.2, -0.15) is 0 Å². The van der Waals surface area contributed by atoms with Crippen LogP contribution in [0.1, 0.15) is 60.1 Å². The van der Waals surface area contributed by atoms with Crippen LogP contribution in [0.15, 0.2) is 36.0 Å². The fourth-order valence-electron chi connectivity index (χ4n) is 4.09. The standard InChI is InChI=1S/C22H27N3O3S/c1-4-27-16-12-10-15(11-13-16)19-17-8-6-7-9-18(17)24-25(19)22-23-14(3)20(29-22)21(26)28-5-2/h9-13,17,19,24H,4-8H2,1-3H3/t17-,19-/m1/s1. The van der Waals surface area contributed by atoms with E-state index in [0.717, 1.165) is 23.7 Å². The molecule has 1 aromatic heterocycles. The summed E-state index contributed by atoms with van der Waals surface area (Å²) in [5, 5.41) is 2.91. The maximum atomic E-state index is 12.3. The Kier molecular flexibility index (Phi) is 5.76. The molecule has 4 rings (SSSR count). The van der Waals surface area contributed by atoms with Crippen LogP contribution in [-0.2, 0) is 4.74 Å². The number of aromatic nitrogens is 1. The zero-order valence-electron chi connectivity index (χ0n) is 17.1. The first-order valence-corrected chi connectivity index (χ1v) is 11.1. The molecule has 0 radical (unpaired) electrons. The number of rotatable bonds is 6. The molecule has 2 aliphatic rings. The van der Waals surface area contributed by atoms with Gasteiger partial charge in [-0.25, -0.2) is 9.78 Å². The molecule has 2 aromatic rings. The molecule has 29 heavy (non-hydrogen) atoms. The topological polar surface area (TPSA) is 63.7 Å². The van der Waals surface area contributed by atoms with Gasteiger partial charge >= 0.3 is 5.97 Å². The van der Waals surface area contributed by atoms with Crippen molar-refractivity contribution in [2.75, 3.05) is 18.2 Å². The minimum absolute atomic E-state index is 0.123. The number of fused-ring (bicyclic) bond motifs is 1. The van der Waals surface area contributed by atoms with E-state index >= 15 is 0 Å². The summed E-state index contributed by atoms with van der Waals surface area (Å²) in [5.74, 6) is 0.960. The molecule has 0 bridgehead atoms. The lowest BCUT2D eigenvalue weighted by molar-refractivity contribution is 0.0531. The molecule has 1 aliphatic heterocycles. The van der Waals surface area contributed by atoms with Crippen molar-refractivity contribution >= 4 is 22.4 Å². The number of aryl methyl sites for hydroxylation is 1. The Hall–Kier alpha value is -2.54. The number of hydrazine groups is 1. The molecule has 0 spiro atoms. The van der Waals surface area contributed by atoms with Gasteiger partial charge in [0.05, 0.1) is 24.9 Å². The van der Waals surface area contributed by atoms with E-state index in [1.807, 2.05) is 32.9 Å². The van der Waals surface area contributed by atoms with Crippen molar-refractivity contribution in [3.63, 3.8) is 0 Å². The number of allylic oxidation sites excluding steroid dienone is 1. The van der Waals surface area contributed by atoms with E-state index in [0.29, 0.717) is 29.7 Å². The van der Waals surface area contributed by atoms with E-state index in [1.54, 1.807) is 0 Å². The first kappa shape index (κ1) is 19.8. The molecule has 1 saturated heterocycles. The third-order valence-corrected chi connectivity index (χ3v) is 6.51. The highest BCUT2D eigenvalue weighted by molar-refractivity contribution is 7.17. The first-order valence-electron chi connectivity index (χ1n) is 10.3.